The van der Waals surface area contributed by atoms with Crippen molar-refractivity contribution >= 4 is 33.5 Å². The second-order valence-electron chi connectivity index (χ2n) is 4.93. The summed E-state index contributed by atoms with van der Waals surface area (Å²) in [5.74, 6) is 3.94. The molecule has 3 aromatic rings. The zero-order valence-electron chi connectivity index (χ0n) is 12.8. The maximum absolute atomic E-state index is 12.3. The highest BCUT2D eigenvalue weighted by Gasteiger charge is 2.10. The van der Waals surface area contributed by atoms with Crippen molar-refractivity contribution in [2.75, 3.05) is 13.7 Å². The van der Waals surface area contributed by atoms with Gasteiger partial charge in [0.05, 0.1) is 18.0 Å². The largest absolute Gasteiger partial charge is 0.493 e. The Balaban J connectivity index is 2.09. The third-order valence-corrected chi connectivity index (χ3v) is 4.09. The van der Waals surface area contributed by atoms with Crippen molar-refractivity contribution in [3.05, 3.63) is 50.3 Å². The molecule has 0 aliphatic heterocycles. The molecule has 1 aromatic heterocycles. The number of halogens is 1. The van der Waals surface area contributed by atoms with Gasteiger partial charge in [0.15, 0.2) is 11.5 Å². The second-order valence-corrected chi connectivity index (χ2v) is 6.18. The quantitative estimate of drug-likeness (QED) is 0.508. The van der Waals surface area contributed by atoms with Gasteiger partial charge in [-0.2, -0.15) is 0 Å². The second kappa shape index (κ2) is 6.93. The Morgan fingerprint density at radius 2 is 2.08 bits per heavy atom. The fourth-order valence-corrected chi connectivity index (χ4v) is 2.79. The van der Waals surface area contributed by atoms with Crippen molar-refractivity contribution in [2.45, 2.75) is 0 Å². The average molecular weight is 432 g/mol. The molecule has 0 saturated carbocycles. The lowest BCUT2D eigenvalue weighted by atomic mass is 10.1. The van der Waals surface area contributed by atoms with Crippen molar-refractivity contribution in [3.63, 3.8) is 0 Å². The maximum Gasteiger partial charge on any atom is 0.259 e. The first-order valence-electron chi connectivity index (χ1n) is 7.06. The number of terminal acetylenes is 1. The number of nitrogens with zero attached hydrogens (tertiary/aromatic N) is 1. The molecule has 120 valence electrons. The monoisotopic (exact) mass is 432 g/mol. The van der Waals surface area contributed by atoms with Gasteiger partial charge in [-0.1, -0.05) is 5.92 Å². The summed E-state index contributed by atoms with van der Waals surface area (Å²) in [6, 6.07) is 10.8. The van der Waals surface area contributed by atoms with Crippen LogP contribution < -0.4 is 15.0 Å². The number of methoxy groups -OCH3 is 1. The molecule has 3 rings (SSSR count). The molecular formula is C18H13IN2O3. The number of hydrogen-bond acceptors (Lipinski definition) is 4. The summed E-state index contributed by atoms with van der Waals surface area (Å²) in [5.41, 5.74) is 1.18. The summed E-state index contributed by atoms with van der Waals surface area (Å²) in [6.45, 7) is 0.152. The Bertz CT molecular complexity index is 1010. The van der Waals surface area contributed by atoms with Crippen LogP contribution in [0.5, 0.6) is 11.5 Å². The summed E-state index contributed by atoms with van der Waals surface area (Å²) >= 11 is 2.16. The van der Waals surface area contributed by atoms with Crippen molar-refractivity contribution in [1.29, 1.82) is 0 Å². The van der Waals surface area contributed by atoms with Crippen LogP contribution in [-0.2, 0) is 0 Å². The topological polar surface area (TPSA) is 64.2 Å². The SMILES string of the molecule is C#CCOc1ccc(-c2nc3ccc(I)cc3c(=O)[nH]2)cc1OC. The van der Waals surface area contributed by atoms with Gasteiger partial charge in [0.2, 0.25) is 0 Å². The highest BCUT2D eigenvalue weighted by atomic mass is 127. The lowest BCUT2D eigenvalue weighted by Crippen LogP contribution is -2.09. The van der Waals surface area contributed by atoms with E-state index in [1.165, 1.54) is 0 Å². The van der Waals surface area contributed by atoms with E-state index in [-0.39, 0.29) is 12.2 Å². The molecule has 0 fully saturated rings. The Labute approximate surface area is 152 Å². The van der Waals surface area contributed by atoms with Gasteiger partial charge in [-0.3, -0.25) is 4.79 Å². The van der Waals surface area contributed by atoms with Crippen LogP contribution in [-0.4, -0.2) is 23.7 Å². The summed E-state index contributed by atoms with van der Waals surface area (Å²) < 4.78 is 11.7. The van der Waals surface area contributed by atoms with Gasteiger partial charge in [-0.05, 0) is 59.0 Å². The summed E-state index contributed by atoms with van der Waals surface area (Å²) in [5, 5.41) is 0.562. The van der Waals surface area contributed by atoms with Crippen molar-refractivity contribution < 1.29 is 9.47 Å². The van der Waals surface area contributed by atoms with Crippen LogP contribution >= 0.6 is 22.6 Å². The number of rotatable bonds is 4. The van der Waals surface area contributed by atoms with E-state index in [0.29, 0.717) is 28.2 Å². The minimum Gasteiger partial charge on any atom is -0.493 e. The molecule has 0 spiro atoms. The molecule has 0 saturated heterocycles. The Morgan fingerprint density at radius 1 is 1.25 bits per heavy atom. The first-order chi connectivity index (χ1) is 11.6. The first-order valence-corrected chi connectivity index (χ1v) is 8.14. The lowest BCUT2D eigenvalue weighted by Gasteiger charge is -2.10. The number of hydrogen-bond donors (Lipinski definition) is 1. The zero-order valence-corrected chi connectivity index (χ0v) is 15.0. The number of H-pyrrole nitrogens is 1. The summed E-state index contributed by atoms with van der Waals surface area (Å²) in [7, 11) is 1.54. The van der Waals surface area contributed by atoms with Crippen LogP contribution in [0.3, 0.4) is 0 Å². The number of ether oxygens (including phenoxy) is 2. The van der Waals surface area contributed by atoms with Gasteiger partial charge >= 0.3 is 0 Å². The van der Waals surface area contributed by atoms with Gasteiger partial charge < -0.3 is 14.5 Å². The van der Waals surface area contributed by atoms with Gasteiger partial charge in [0, 0.05) is 9.13 Å². The number of aromatic amines is 1. The van der Waals surface area contributed by atoms with Gasteiger partial charge in [0.25, 0.3) is 5.56 Å². The van der Waals surface area contributed by atoms with Crippen LogP contribution in [0, 0.1) is 15.9 Å². The fraction of sp³-hybridized carbons (Fsp3) is 0.111. The molecule has 1 heterocycles. The zero-order chi connectivity index (χ0) is 17.1. The standard InChI is InChI=1S/C18H13IN2O3/c1-3-8-24-15-7-4-11(9-16(15)23-2)17-20-14-6-5-12(19)10-13(14)18(22)21-17/h1,4-7,9-10H,8H2,2H3,(H,20,21,22). The third kappa shape index (κ3) is 3.21. The Morgan fingerprint density at radius 3 is 2.83 bits per heavy atom. The van der Waals surface area contributed by atoms with E-state index >= 15 is 0 Å². The summed E-state index contributed by atoms with van der Waals surface area (Å²) in [4.78, 5) is 19.6. The van der Waals surface area contributed by atoms with Crippen LogP contribution in [0.2, 0.25) is 0 Å². The average Bonchev–Trinajstić information content (AvgIpc) is 2.60. The summed E-state index contributed by atoms with van der Waals surface area (Å²) in [6.07, 6.45) is 5.20. The minimum absolute atomic E-state index is 0.152. The molecule has 0 unspecified atom stereocenters. The van der Waals surface area contributed by atoms with E-state index in [9.17, 15) is 4.79 Å². The van der Waals surface area contributed by atoms with Crippen LogP contribution in [0.25, 0.3) is 22.3 Å². The molecule has 0 radical (unpaired) electrons. The molecule has 24 heavy (non-hydrogen) atoms. The molecule has 0 bridgehead atoms. The Kier molecular flexibility index (Phi) is 4.71. The van der Waals surface area contributed by atoms with Crippen molar-refractivity contribution in [1.82, 2.24) is 9.97 Å². The predicted molar refractivity (Wildman–Crippen MR) is 101 cm³/mol. The number of aromatic nitrogens is 2. The normalized spacial score (nSPS) is 10.4. The Hall–Kier alpha value is -2.53. The molecule has 6 heteroatoms. The third-order valence-electron chi connectivity index (χ3n) is 3.42. The van der Waals surface area contributed by atoms with E-state index in [0.717, 1.165) is 9.13 Å². The highest BCUT2D eigenvalue weighted by Crippen LogP contribution is 2.31. The number of fused-ring (bicyclic) bond motifs is 1. The molecule has 0 aliphatic rings. The number of benzene rings is 2. The van der Waals surface area contributed by atoms with Crippen LogP contribution in [0.4, 0.5) is 0 Å². The van der Waals surface area contributed by atoms with Crippen LogP contribution in [0.1, 0.15) is 0 Å². The lowest BCUT2D eigenvalue weighted by molar-refractivity contribution is 0.331. The van der Waals surface area contributed by atoms with E-state index in [1.807, 2.05) is 18.2 Å². The molecule has 2 aromatic carbocycles. The predicted octanol–water partition coefficient (Wildman–Crippen LogP) is 3.22. The maximum atomic E-state index is 12.3. The molecule has 0 amide bonds. The van der Waals surface area contributed by atoms with E-state index in [1.54, 1.807) is 25.3 Å². The van der Waals surface area contributed by atoms with Crippen LogP contribution in [0.15, 0.2) is 41.2 Å². The first kappa shape index (κ1) is 16.3. The molecule has 0 atom stereocenters. The van der Waals surface area contributed by atoms with Gasteiger partial charge in [-0.25, -0.2) is 4.98 Å². The van der Waals surface area contributed by atoms with Gasteiger partial charge in [-0.15, -0.1) is 6.42 Å². The van der Waals surface area contributed by atoms with Crippen molar-refractivity contribution in [3.8, 4) is 35.2 Å². The number of nitrogens with one attached hydrogen (secondary N) is 1. The van der Waals surface area contributed by atoms with Gasteiger partial charge in [0.1, 0.15) is 12.4 Å². The molecule has 5 nitrogen and oxygen atoms in total. The smallest absolute Gasteiger partial charge is 0.259 e. The minimum atomic E-state index is -0.180. The molecule has 0 aliphatic carbocycles. The highest BCUT2D eigenvalue weighted by molar-refractivity contribution is 14.1. The molecular weight excluding hydrogens is 419 g/mol. The fourth-order valence-electron chi connectivity index (χ4n) is 2.30. The van der Waals surface area contributed by atoms with Crippen molar-refractivity contribution in [2.24, 2.45) is 0 Å². The van der Waals surface area contributed by atoms with E-state index in [2.05, 4.69) is 38.5 Å². The van der Waals surface area contributed by atoms with E-state index < -0.39 is 0 Å². The van der Waals surface area contributed by atoms with E-state index in [4.69, 9.17) is 15.9 Å². The molecule has 1 N–H and O–H groups in total.